The standard InChI is InChI=1S/C15H19NO/c17-10-8-12-5-6-13-7-9-16(15(13)11-12)14-3-1-2-4-14/h5-7,9,11,14,17H,1-4,8,10H2. The molecule has 0 unspecified atom stereocenters. The van der Waals surface area contributed by atoms with Crippen LogP contribution >= 0.6 is 0 Å². The van der Waals surface area contributed by atoms with Gasteiger partial charge in [-0.15, -0.1) is 0 Å². The van der Waals surface area contributed by atoms with Crippen LogP contribution in [-0.2, 0) is 6.42 Å². The molecule has 1 saturated carbocycles. The van der Waals surface area contributed by atoms with Crippen LogP contribution in [0.3, 0.4) is 0 Å². The second-order valence-corrected chi connectivity index (χ2v) is 5.03. The highest BCUT2D eigenvalue weighted by atomic mass is 16.2. The van der Waals surface area contributed by atoms with Gasteiger partial charge in [-0.05, 0) is 42.3 Å². The molecular weight excluding hydrogens is 210 g/mol. The summed E-state index contributed by atoms with van der Waals surface area (Å²) in [5, 5.41) is 10.3. The van der Waals surface area contributed by atoms with Crippen LogP contribution in [0.2, 0.25) is 0 Å². The quantitative estimate of drug-likeness (QED) is 0.858. The third-order valence-corrected chi connectivity index (χ3v) is 3.91. The van der Waals surface area contributed by atoms with Crippen molar-refractivity contribution in [1.82, 2.24) is 4.57 Å². The zero-order valence-corrected chi connectivity index (χ0v) is 10.1. The number of aromatic nitrogens is 1. The third-order valence-electron chi connectivity index (χ3n) is 3.91. The predicted octanol–water partition coefficient (Wildman–Crippen LogP) is 3.29. The first kappa shape index (κ1) is 10.8. The zero-order valence-electron chi connectivity index (χ0n) is 10.1. The van der Waals surface area contributed by atoms with Crippen LogP contribution in [0.1, 0.15) is 37.3 Å². The number of aliphatic hydroxyl groups is 1. The first-order valence-corrected chi connectivity index (χ1v) is 6.59. The molecule has 2 nitrogen and oxygen atoms in total. The SMILES string of the molecule is OCCc1ccc2ccn(C3CCCC3)c2c1. The molecule has 0 radical (unpaired) electrons. The summed E-state index contributed by atoms with van der Waals surface area (Å²) in [4.78, 5) is 0. The van der Waals surface area contributed by atoms with Gasteiger partial charge in [-0.1, -0.05) is 25.0 Å². The van der Waals surface area contributed by atoms with E-state index >= 15 is 0 Å². The van der Waals surface area contributed by atoms with Gasteiger partial charge in [0.25, 0.3) is 0 Å². The molecule has 1 aliphatic rings. The third kappa shape index (κ3) is 1.98. The number of hydrogen-bond acceptors (Lipinski definition) is 1. The molecule has 0 bridgehead atoms. The van der Waals surface area contributed by atoms with Crippen molar-refractivity contribution < 1.29 is 5.11 Å². The van der Waals surface area contributed by atoms with Crippen LogP contribution in [0.15, 0.2) is 30.5 Å². The highest BCUT2D eigenvalue weighted by Crippen LogP contribution is 2.33. The second kappa shape index (κ2) is 4.53. The van der Waals surface area contributed by atoms with Gasteiger partial charge >= 0.3 is 0 Å². The van der Waals surface area contributed by atoms with Gasteiger partial charge in [-0.25, -0.2) is 0 Å². The lowest BCUT2D eigenvalue weighted by Crippen LogP contribution is -2.02. The van der Waals surface area contributed by atoms with E-state index in [1.54, 1.807) is 0 Å². The monoisotopic (exact) mass is 229 g/mol. The Morgan fingerprint density at radius 2 is 2.00 bits per heavy atom. The molecule has 1 heterocycles. The largest absolute Gasteiger partial charge is 0.396 e. The van der Waals surface area contributed by atoms with Crippen LogP contribution in [0.5, 0.6) is 0 Å². The van der Waals surface area contributed by atoms with Crippen molar-refractivity contribution in [3.63, 3.8) is 0 Å². The van der Waals surface area contributed by atoms with E-state index in [1.165, 1.54) is 42.1 Å². The van der Waals surface area contributed by atoms with Crippen molar-refractivity contribution in [3.8, 4) is 0 Å². The van der Waals surface area contributed by atoms with Gasteiger partial charge < -0.3 is 9.67 Å². The molecule has 1 fully saturated rings. The number of rotatable bonds is 3. The maximum Gasteiger partial charge on any atom is 0.0485 e. The molecule has 1 aromatic heterocycles. The summed E-state index contributed by atoms with van der Waals surface area (Å²) in [7, 11) is 0. The Hall–Kier alpha value is -1.28. The molecule has 1 N–H and O–H groups in total. The maximum absolute atomic E-state index is 9.02. The van der Waals surface area contributed by atoms with Gasteiger partial charge in [-0.2, -0.15) is 0 Å². The van der Waals surface area contributed by atoms with E-state index in [-0.39, 0.29) is 6.61 Å². The van der Waals surface area contributed by atoms with Gasteiger partial charge in [0.05, 0.1) is 0 Å². The van der Waals surface area contributed by atoms with Gasteiger partial charge in [-0.3, -0.25) is 0 Å². The van der Waals surface area contributed by atoms with Gasteiger partial charge in [0, 0.05) is 24.4 Å². The molecule has 0 spiro atoms. The van der Waals surface area contributed by atoms with Crippen molar-refractivity contribution in [2.45, 2.75) is 38.1 Å². The maximum atomic E-state index is 9.02. The first-order valence-electron chi connectivity index (χ1n) is 6.59. The second-order valence-electron chi connectivity index (χ2n) is 5.03. The van der Waals surface area contributed by atoms with E-state index in [0.717, 1.165) is 6.42 Å². The normalized spacial score (nSPS) is 17.0. The van der Waals surface area contributed by atoms with Crippen LogP contribution in [0, 0.1) is 0 Å². The molecule has 2 aromatic rings. The Balaban J connectivity index is 2.02. The van der Waals surface area contributed by atoms with E-state index in [9.17, 15) is 0 Å². The fraction of sp³-hybridized carbons (Fsp3) is 0.467. The molecular formula is C15H19NO. The summed E-state index contributed by atoms with van der Waals surface area (Å²) < 4.78 is 2.43. The summed E-state index contributed by atoms with van der Waals surface area (Å²) in [6.45, 7) is 0.232. The van der Waals surface area contributed by atoms with Crippen molar-refractivity contribution >= 4 is 10.9 Å². The Kier molecular flexibility index (Phi) is 2.89. The number of hydrogen-bond donors (Lipinski definition) is 1. The lowest BCUT2D eigenvalue weighted by molar-refractivity contribution is 0.299. The highest BCUT2D eigenvalue weighted by molar-refractivity contribution is 5.81. The summed E-state index contributed by atoms with van der Waals surface area (Å²) in [6, 6.07) is 9.43. The Morgan fingerprint density at radius 1 is 1.18 bits per heavy atom. The minimum Gasteiger partial charge on any atom is -0.396 e. The fourth-order valence-corrected chi connectivity index (χ4v) is 2.98. The molecule has 1 aliphatic carbocycles. The van der Waals surface area contributed by atoms with E-state index in [1.807, 2.05) is 0 Å². The van der Waals surface area contributed by atoms with E-state index in [2.05, 4.69) is 35.0 Å². The minimum atomic E-state index is 0.232. The summed E-state index contributed by atoms with van der Waals surface area (Å²) in [5.41, 5.74) is 2.57. The van der Waals surface area contributed by atoms with Crippen molar-refractivity contribution in [2.75, 3.05) is 6.61 Å². The smallest absolute Gasteiger partial charge is 0.0485 e. The number of benzene rings is 1. The van der Waals surface area contributed by atoms with Gasteiger partial charge in [0.15, 0.2) is 0 Å². The Bertz CT molecular complexity index is 509. The van der Waals surface area contributed by atoms with Crippen LogP contribution in [0.25, 0.3) is 10.9 Å². The topological polar surface area (TPSA) is 25.2 Å². The lowest BCUT2D eigenvalue weighted by Gasteiger charge is -2.13. The molecule has 17 heavy (non-hydrogen) atoms. The van der Waals surface area contributed by atoms with E-state index in [4.69, 9.17) is 5.11 Å². The molecule has 90 valence electrons. The minimum absolute atomic E-state index is 0.232. The first-order chi connectivity index (χ1) is 8.38. The number of aliphatic hydroxyl groups excluding tert-OH is 1. The highest BCUT2D eigenvalue weighted by Gasteiger charge is 2.17. The fourth-order valence-electron chi connectivity index (χ4n) is 2.98. The van der Waals surface area contributed by atoms with Crippen molar-refractivity contribution in [1.29, 1.82) is 0 Å². The Labute approximate surface area is 102 Å². The average Bonchev–Trinajstić information content (AvgIpc) is 2.96. The molecule has 2 heteroatoms. The Morgan fingerprint density at radius 3 is 2.76 bits per heavy atom. The van der Waals surface area contributed by atoms with Crippen molar-refractivity contribution in [3.05, 3.63) is 36.0 Å². The summed E-state index contributed by atoms with van der Waals surface area (Å²) >= 11 is 0. The molecule has 3 rings (SSSR count). The zero-order chi connectivity index (χ0) is 11.7. The molecule has 0 aliphatic heterocycles. The van der Waals surface area contributed by atoms with Crippen LogP contribution < -0.4 is 0 Å². The van der Waals surface area contributed by atoms with E-state index < -0.39 is 0 Å². The predicted molar refractivity (Wildman–Crippen MR) is 70.2 cm³/mol. The number of nitrogens with zero attached hydrogens (tertiary/aromatic N) is 1. The van der Waals surface area contributed by atoms with E-state index in [0.29, 0.717) is 6.04 Å². The average molecular weight is 229 g/mol. The molecule has 1 aromatic carbocycles. The number of fused-ring (bicyclic) bond motifs is 1. The summed E-state index contributed by atoms with van der Waals surface area (Å²) in [6.07, 6.45) is 8.33. The van der Waals surface area contributed by atoms with Crippen LogP contribution in [-0.4, -0.2) is 16.3 Å². The van der Waals surface area contributed by atoms with Crippen molar-refractivity contribution in [2.24, 2.45) is 0 Å². The molecule has 0 atom stereocenters. The lowest BCUT2D eigenvalue weighted by atomic mass is 10.1. The van der Waals surface area contributed by atoms with Gasteiger partial charge in [0.2, 0.25) is 0 Å². The van der Waals surface area contributed by atoms with Gasteiger partial charge in [0.1, 0.15) is 0 Å². The molecule has 0 amide bonds. The molecule has 0 saturated heterocycles. The summed E-state index contributed by atoms with van der Waals surface area (Å²) in [5.74, 6) is 0. The van der Waals surface area contributed by atoms with Crippen LogP contribution in [0.4, 0.5) is 0 Å².